The van der Waals surface area contributed by atoms with Crippen molar-refractivity contribution in [3.8, 4) is 0 Å². The molecule has 1 amide bonds. The highest BCUT2D eigenvalue weighted by Crippen LogP contribution is 2.31. The first-order valence-electron chi connectivity index (χ1n) is 9.29. The van der Waals surface area contributed by atoms with Crippen LogP contribution in [0.3, 0.4) is 0 Å². The lowest BCUT2D eigenvalue weighted by molar-refractivity contribution is 0.0985. The largest absolute Gasteiger partial charge is 0.279 e. The van der Waals surface area contributed by atoms with Crippen LogP contribution in [0.1, 0.15) is 22.8 Å². The molecule has 0 aliphatic carbocycles. The average Bonchev–Trinajstić information content (AvgIpc) is 3.16. The Hall–Kier alpha value is -2.70. The topological polar surface area (TPSA) is 33.2 Å². The molecule has 0 saturated heterocycles. The molecule has 0 fully saturated rings. The molecule has 1 heterocycles. The van der Waals surface area contributed by atoms with Crippen LogP contribution in [0.4, 0.5) is 9.52 Å². The molecule has 0 unspecified atom stereocenters. The van der Waals surface area contributed by atoms with Gasteiger partial charge < -0.3 is 0 Å². The number of anilines is 1. The van der Waals surface area contributed by atoms with Crippen molar-refractivity contribution < 1.29 is 9.18 Å². The van der Waals surface area contributed by atoms with Crippen LogP contribution in [-0.2, 0) is 6.54 Å². The van der Waals surface area contributed by atoms with Crippen molar-refractivity contribution in [2.45, 2.75) is 18.4 Å². The SMILES string of the molecule is CCSc1ccc(C(=O)N(Cc2ccccc2)c2nc3ccc(F)cc3s2)cc1. The molecule has 0 aliphatic heterocycles. The molecule has 1 aromatic heterocycles. The highest BCUT2D eigenvalue weighted by molar-refractivity contribution is 7.99. The molecule has 0 spiro atoms. The fraction of sp³-hybridized carbons (Fsp3) is 0.130. The number of halogens is 1. The lowest BCUT2D eigenvalue weighted by atomic mass is 10.1. The summed E-state index contributed by atoms with van der Waals surface area (Å²) in [5, 5.41) is 0.562. The number of hydrogen-bond acceptors (Lipinski definition) is 4. The molecule has 4 aromatic rings. The molecular weight excluding hydrogens is 403 g/mol. The van der Waals surface area contributed by atoms with E-state index in [-0.39, 0.29) is 11.7 Å². The Morgan fingerprint density at radius 3 is 2.55 bits per heavy atom. The number of hydrogen-bond donors (Lipinski definition) is 0. The minimum atomic E-state index is -0.308. The van der Waals surface area contributed by atoms with Crippen LogP contribution in [0.5, 0.6) is 0 Å². The molecule has 3 aromatic carbocycles. The fourth-order valence-corrected chi connectivity index (χ4v) is 4.66. The average molecular weight is 423 g/mol. The third kappa shape index (κ3) is 4.49. The lowest BCUT2D eigenvalue weighted by Crippen LogP contribution is -2.30. The standard InChI is InChI=1S/C23H19FN2OS2/c1-2-28-19-11-8-17(9-12-19)22(27)26(15-16-6-4-3-5-7-16)23-25-20-13-10-18(24)14-21(20)29-23/h3-14H,2,15H2,1H3. The van der Waals surface area contributed by atoms with Gasteiger partial charge in [0.25, 0.3) is 5.91 Å². The van der Waals surface area contributed by atoms with E-state index in [1.165, 1.54) is 23.5 Å². The second kappa shape index (κ2) is 8.76. The molecule has 0 aliphatic rings. The van der Waals surface area contributed by atoms with Gasteiger partial charge in [-0.15, -0.1) is 11.8 Å². The van der Waals surface area contributed by atoms with Gasteiger partial charge in [0.05, 0.1) is 16.8 Å². The first-order valence-corrected chi connectivity index (χ1v) is 11.1. The van der Waals surface area contributed by atoms with E-state index in [0.717, 1.165) is 20.9 Å². The Balaban J connectivity index is 1.71. The zero-order valence-corrected chi connectivity index (χ0v) is 17.5. The van der Waals surface area contributed by atoms with E-state index in [9.17, 15) is 9.18 Å². The van der Waals surface area contributed by atoms with Gasteiger partial charge in [-0.25, -0.2) is 9.37 Å². The van der Waals surface area contributed by atoms with Crippen molar-refractivity contribution in [2.75, 3.05) is 10.7 Å². The van der Waals surface area contributed by atoms with Crippen molar-refractivity contribution in [3.63, 3.8) is 0 Å². The van der Waals surface area contributed by atoms with Crippen molar-refractivity contribution in [2.24, 2.45) is 0 Å². The number of aromatic nitrogens is 1. The Morgan fingerprint density at radius 1 is 1.07 bits per heavy atom. The van der Waals surface area contributed by atoms with Crippen molar-refractivity contribution >= 4 is 44.4 Å². The van der Waals surface area contributed by atoms with Crippen LogP contribution >= 0.6 is 23.1 Å². The molecule has 0 radical (unpaired) electrons. The maximum Gasteiger partial charge on any atom is 0.260 e. The number of benzene rings is 3. The smallest absolute Gasteiger partial charge is 0.260 e. The number of thioether (sulfide) groups is 1. The minimum absolute atomic E-state index is 0.124. The first kappa shape index (κ1) is 19.6. The van der Waals surface area contributed by atoms with Gasteiger partial charge in [0.15, 0.2) is 5.13 Å². The summed E-state index contributed by atoms with van der Waals surface area (Å²) in [6, 6.07) is 21.9. The molecule has 0 N–H and O–H groups in total. The number of thiazole rings is 1. The van der Waals surface area contributed by atoms with Gasteiger partial charge in [-0.05, 0) is 53.8 Å². The van der Waals surface area contributed by atoms with Gasteiger partial charge in [0, 0.05) is 10.5 Å². The molecule has 0 bridgehead atoms. The number of fused-ring (bicyclic) bond motifs is 1. The molecule has 29 heavy (non-hydrogen) atoms. The number of carbonyl (C=O) groups excluding carboxylic acids is 1. The fourth-order valence-electron chi connectivity index (χ4n) is 3.01. The van der Waals surface area contributed by atoms with E-state index in [1.54, 1.807) is 22.7 Å². The Morgan fingerprint density at radius 2 is 1.83 bits per heavy atom. The van der Waals surface area contributed by atoms with E-state index < -0.39 is 0 Å². The zero-order valence-electron chi connectivity index (χ0n) is 15.8. The third-order valence-electron chi connectivity index (χ3n) is 4.41. The lowest BCUT2D eigenvalue weighted by Gasteiger charge is -2.20. The maximum atomic E-state index is 13.6. The van der Waals surface area contributed by atoms with E-state index in [4.69, 9.17) is 0 Å². The molecule has 4 rings (SSSR count). The molecule has 0 atom stereocenters. The highest BCUT2D eigenvalue weighted by atomic mass is 32.2. The number of amides is 1. The van der Waals surface area contributed by atoms with Crippen molar-refractivity contribution in [1.82, 2.24) is 4.98 Å². The van der Waals surface area contributed by atoms with Crippen LogP contribution in [0.25, 0.3) is 10.2 Å². The summed E-state index contributed by atoms with van der Waals surface area (Å²) in [5.74, 6) is 0.550. The Labute approximate surface area is 177 Å². The van der Waals surface area contributed by atoms with Gasteiger partial charge in [0.2, 0.25) is 0 Å². The zero-order chi connectivity index (χ0) is 20.2. The van der Waals surface area contributed by atoms with E-state index in [0.29, 0.717) is 22.8 Å². The molecular formula is C23H19FN2OS2. The second-order valence-electron chi connectivity index (χ2n) is 6.44. The van der Waals surface area contributed by atoms with Gasteiger partial charge in [-0.3, -0.25) is 9.69 Å². The maximum absolute atomic E-state index is 13.6. The van der Waals surface area contributed by atoms with E-state index >= 15 is 0 Å². The molecule has 6 heteroatoms. The summed E-state index contributed by atoms with van der Waals surface area (Å²) in [5.41, 5.74) is 2.29. The summed E-state index contributed by atoms with van der Waals surface area (Å²) in [6.45, 7) is 2.49. The molecule has 146 valence electrons. The second-order valence-corrected chi connectivity index (χ2v) is 8.79. The summed E-state index contributed by atoms with van der Waals surface area (Å²) in [7, 11) is 0. The number of rotatable bonds is 6. The molecule has 0 saturated carbocycles. The predicted molar refractivity (Wildman–Crippen MR) is 119 cm³/mol. The summed E-state index contributed by atoms with van der Waals surface area (Å²) >= 11 is 3.06. The quantitative estimate of drug-likeness (QED) is 0.337. The monoisotopic (exact) mass is 422 g/mol. The Kier molecular flexibility index (Phi) is 5.92. The van der Waals surface area contributed by atoms with E-state index in [1.807, 2.05) is 54.6 Å². The van der Waals surface area contributed by atoms with Crippen LogP contribution in [-0.4, -0.2) is 16.6 Å². The molecule has 3 nitrogen and oxygen atoms in total. The van der Waals surface area contributed by atoms with Gasteiger partial charge >= 0.3 is 0 Å². The first-order chi connectivity index (χ1) is 14.1. The van der Waals surface area contributed by atoms with Crippen molar-refractivity contribution in [3.05, 3.63) is 89.7 Å². The number of carbonyl (C=O) groups is 1. The van der Waals surface area contributed by atoms with Gasteiger partial charge in [-0.2, -0.15) is 0 Å². The van der Waals surface area contributed by atoms with Gasteiger partial charge in [-0.1, -0.05) is 48.6 Å². The van der Waals surface area contributed by atoms with Crippen LogP contribution in [0, 0.1) is 5.82 Å². The van der Waals surface area contributed by atoms with Crippen molar-refractivity contribution in [1.29, 1.82) is 0 Å². The van der Waals surface area contributed by atoms with Gasteiger partial charge in [0.1, 0.15) is 5.82 Å². The number of nitrogens with zero attached hydrogens (tertiary/aromatic N) is 2. The minimum Gasteiger partial charge on any atom is -0.279 e. The summed E-state index contributed by atoms with van der Waals surface area (Å²) < 4.78 is 14.3. The van der Waals surface area contributed by atoms with Crippen LogP contribution < -0.4 is 4.90 Å². The predicted octanol–water partition coefficient (Wildman–Crippen LogP) is 6.39. The third-order valence-corrected chi connectivity index (χ3v) is 6.35. The van der Waals surface area contributed by atoms with Crippen LogP contribution in [0.2, 0.25) is 0 Å². The normalized spacial score (nSPS) is 11.0. The highest BCUT2D eigenvalue weighted by Gasteiger charge is 2.22. The van der Waals surface area contributed by atoms with E-state index in [2.05, 4.69) is 11.9 Å². The summed E-state index contributed by atoms with van der Waals surface area (Å²) in [4.78, 5) is 20.8. The Bertz CT molecular complexity index is 1130. The van der Waals surface area contributed by atoms with Crippen LogP contribution in [0.15, 0.2) is 77.7 Å². The summed E-state index contributed by atoms with van der Waals surface area (Å²) in [6.07, 6.45) is 0.